The fraction of sp³-hybridized carbons (Fsp3) is 0. The van der Waals surface area contributed by atoms with Gasteiger partial charge in [0.25, 0.3) is 0 Å². The Balaban J connectivity index is 2.64. The summed E-state index contributed by atoms with van der Waals surface area (Å²) in [5.74, 6) is 0. The molecule has 0 aliphatic carbocycles. The van der Waals surface area contributed by atoms with Crippen LogP contribution in [0.4, 0.5) is 0 Å². The van der Waals surface area contributed by atoms with Gasteiger partial charge in [-0.05, 0) is 22.7 Å². The Kier molecular flexibility index (Phi) is 1.38. The summed E-state index contributed by atoms with van der Waals surface area (Å²) < 4.78 is 0. The Morgan fingerprint density at radius 1 is 0.929 bits per heavy atom. The van der Waals surface area contributed by atoms with Gasteiger partial charge in [-0.25, -0.2) is 0 Å². The van der Waals surface area contributed by atoms with E-state index in [1.165, 1.54) is 0 Å². The first-order valence-corrected chi connectivity index (χ1v) is 4.13. The molecule has 2 heterocycles. The van der Waals surface area contributed by atoms with Gasteiger partial charge in [-0.15, -0.1) is 10.2 Å². The largest absolute Gasteiger partial charge is 0.159 e. The van der Waals surface area contributed by atoms with Crippen LogP contribution in [-0.4, -0.2) is 25.6 Å². The van der Waals surface area contributed by atoms with Gasteiger partial charge in [-0.2, -0.15) is 10.2 Å². The van der Waals surface area contributed by atoms with E-state index in [9.17, 15) is 0 Å². The molecule has 14 heavy (non-hydrogen) atoms. The van der Waals surface area contributed by atoms with Crippen molar-refractivity contribution >= 4 is 21.8 Å². The molecule has 0 spiro atoms. The molecule has 3 aromatic rings. The average molecular weight is 183 g/mol. The molecule has 0 aliphatic heterocycles. The third-order valence-electron chi connectivity index (χ3n) is 2.10. The summed E-state index contributed by atoms with van der Waals surface area (Å²) in [6.45, 7) is 0. The molecule has 0 saturated heterocycles. The van der Waals surface area contributed by atoms with Crippen LogP contribution in [-0.2, 0) is 0 Å². The van der Waals surface area contributed by atoms with Crippen LogP contribution < -0.4 is 0 Å². The van der Waals surface area contributed by atoms with Crippen LogP contribution in [0.5, 0.6) is 0 Å². The van der Waals surface area contributed by atoms with E-state index in [0.717, 1.165) is 21.8 Å². The molecule has 0 fully saturated rings. The van der Waals surface area contributed by atoms with E-state index in [0.29, 0.717) is 0 Å². The Morgan fingerprint density at radius 3 is 2.93 bits per heavy atom. The minimum absolute atomic E-state index is 0.771. The van der Waals surface area contributed by atoms with Gasteiger partial charge >= 0.3 is 0 Å². The summed E-state index contributed by atoms with van der Waals surface area (Å²) in [6.07, 6.45) is 3.33. The molecule has 0 saturated carbocycles. The van der Waals surface area contributed by atoms with Gasteiger partial charge in [0.2, 0.25) is 0 Å². The molecule has 0 bridgehead atoms. The third-order valence-corrected chi connectivity index (χ3v) is 2.10. The molecule has 5 heteroatoms. The van der Waals surface area contributed by atoms with Crippen LogP contribution >= 0.6 is 0 Å². The van der Waals surface area contributed by atoms with Crippen molar-refractivity contribution in [2.45, 2.75) is 0 Å². The fourth-order valence-electron chi connectivity index (χ4n) is 1.44. The highest BCUT2D eigenvalue weighted by atomic mass is 15.3. The van der Waals surface area contributed by atoms with Crippen molar-refractivity contribution in [2.24, 2.45) is 0 Å². The van der Waals surface area contributed by atoms with Gasteiger partial charge in [-0.1, -0.05) is 6.07 Å². The predicted molar refractivity (Wildman–Crippen MR) is 50.4 cm³/mol. The first kappa shape index (κ1) is 7.25. The average Bonchev–Trinajstić information content (AvgIpc) is 2.55. The lowest BCUT2D eigenvalue weighted by atomic mass is 10.2. The zero-order valence-corrected chi connectivity index (χ0v) is 7.12. The lowest BCUT2D eigenvalue weighted by molar-refractivity contribution is 0.960. The molecule has 0 atom stereocenters. The first-order valence-electron chi connectivity index (χ1n) is 4.13. The molecule has 0 unspecified atom stereocenters. The lowest BCUT2D eigenvalue weighted by Crippen LogP contribution is -1.73. The van der Waals surface area contributed by atoms with Crippen LogP contribution in [0.1, 0.15) is 0 Å². The van der Waals surface area contributed by atoms with E-state index in [2.05, 4.69) is 25.6 Å². The molecule has 5 nitrogen and oxygen atoms in total. The molecule has 2 aromatic heterocycles. The molecule has 66 valence electrons. The number of hydrogen-bond acceptors (Lipinski definition) is 5. The Bertz CT molecular complexity index is 607. The number of aromatic nitrogens is 5. The topological polar surface area (TPSA) is 64.5 Å². The van der Waals surface area contributed by atoms with Crippen molar-refractivity contribution in [2.75, 3.05) is 0 Å². The second-order valence-corrected chi connectivity index (χ2v) is 2.90. The quantitative estimate of drug-likeness (QED) is 0.519. The molecule has 1 aromatic carbocycles. The number of nitrogens with zero attached hydrogens (tertiary/aromatic N) is 5. The minimum atomic E-state index is 0.771. The Morgan fingerprint density at radius 2 is 1.93 bits per heavy atom. The second kappa shape index (κ2) is 2.66. The maximum atomic E-state index is 3.95. The normalized spacial score (nSPS) is 10.9. The van der Waals surface area contributed by atoms with Crippen LogP contribution in [0, 0.1) is 0 Å². The van der Waals surface area contributed by atoms with Gasteiger partial charge in [0.05, 0.1) is 12.4 Å². The van der Waals surface area contributed by atoms with Crippen LogP contribution in [0.3, 0.4) is 0 Å². The van der Waals surface area contributed by atoms with Crippen molar-refractivity contribution in [3.05, 3.63) is 30.6 Å². The number of fused-ring (bicyclic) bond motifs is 3. The van der Waals surface area contributed by atoms with Crippen molar-refractivity contribution in [3.8, 4) is 0 Å². The highest BCUT2D eigenvalue weighted by Crippen LogP contribution is 2.19. The molecule has 0 aliphatic rings. The second-order valence-electron chi connectivity index (χ2n) is 2.90. The van der Waals surface area contributed by atoms with Gasteiger partial charge in [0.1, 0.15) is 11.0 Å². The van der Waals surface area contributed by atoms with E-state index >= 15 is 0 Å². The van der Waals surface area contributed by atoms with Crippen LogP contribution in [0.25, 0.3) is 21.8 Å². The summed E-state index contributed by atoms with van der Waals surface area (Å²) in [4.78, 5) is 0. The van der Waals surface area contributed by atoms with E-state index in [4.69, 9.17) is 0 Å². The number of hydrogen-bond donors (Lipinski definition) is 0. The van der Waals surface area contributed by atoms with E-state index in [1.807, 2.05) is 18.2 Å². The summed E-state index contributed by atoms with van der Waals surface area (Å²) in [5, 5.41) is 21.1. The maximum Gasteiger partial charge on any atom is 0.124 e. The maximum absolute atomic E-state index is 3.95. The van der Waals surface area contributed by atoms with E-state index < -0.39 is 0 Å². The summed E-state index contributed by atoms with van der Waals surface area (Å²) in [5.41, 5.74) is 1.55. The van der Waals surface area contributed by atoms with Crippen molar-refractivity contribution in [1.29, 1.82) is 0 Å². The van der Waals surface area contributed by atoms with Crippen LogP contribution in [0.15, 0.2) is 30.6 Å². The molecule has 0 N–H and O–H groups in total. The highest BCUT2D eigenvalue weighted by Gasteiger charge is 2.02. The summed E-state index contributed by atoms with van der Waals surface area (Å²) in [6, 6.07) is 5.73. The van der Waals surface area contributed by atoms with Gasteiger partial charge in [-0.3, -0.25) is 0 Å². The van der Waals surface area contributed by atoms with Gasteiger partial charge in [0.15, 0.2) is 0 Å². The minimum Gasteiger partial charge on any atom is -0.159 e. The van der Waals surface area contributed by atoms with E-state index in [-0.39, 0.29) is 0 Å². The van der Waals surface area contributed by atoms with Crippen LogP contribution in [0.2, 0.25) is 0 Å². The smallest absolute Gasteiger partial charge is 0.124 e. The summed E-state index contributed by atoms with van der Waals surface area (Å²) >= 11 is 0. The zero-order valence-electron chi connectivity index (χ0n) is 7.12. The SMILES string of the molecule is c1cc2ccc3nnnc3c2cnn1. The number of benzene rings is 1. The standard InChI is InChI=1S/C9H5N5/c1-2-8-9(13-14-12-8)7-5-11-10-4-3-6(1)7/h1-5H. The first-order chi connectivity index (χ1) is 6.95. The summed E-state index contributed by atoms with van der Waals surface area (Å²) in [7, 11) is 0. The Hall–Kier alpha value is -2.17. The zero-order chi connectivity index (χ0) is 9.38. The molecule has 0 amide bonds. The monoisotopic (exact) mass is 183 g/mol. The van der Waals surface area contributed by atoms with Crippen molar-refractivity contribution < 1.29 is 0 Å². The van der Waals surface area contributed by atoms with Crippen molar-refractivity contribution in [3.63, 3.8) is 0 Å². The van der Waals surface area contributed by atoms with Gasteiger partial charge < -0.3 is 0 Å². The third kappa shape index (κ3) is 0.922. The van der Waals surface area contributed by atoms with Crippen molar-refractivity contribution in [1.82, 2.24) is 25.6 Å². The fourth-order valence-corrected chi connectivity index (χ4v) is 1.44. The highest BCUT2D eigenvalue weighted by molar-refractivity contribution is 6.02. The lowest BCUT2D eigenvalue weighted by Gasteiger charge is -1.90. The molecule has 3 rings (SSSR count). The van der Waals surface area contributed by atoms with E-state index in [1.54, 1.807) is 12.4 Å². The van der Waals surface area contributed by atoms with Gasteiger partial charge in [0, 0.05) is 5.39 Å². The predicted octanol–water partition coefficient (Wildman–Crippen LogP) is 0.968. The molecular formula is C9H5N5. The number of rotatable bonds is 0. The Labute approximate surface area is 78.8 Å². The molecule has 0 radical (unpaired) electrons. The molecular weight excluding hydrogens is 178 g/mol.